The Morgan fingerprint density at radius 2 is 1.00 bits per heavy atom. The molecule has 0 saturated carbocycles. The molecule has 8 aromatic rings. The average molecular weight is 614 g/mol. The summed E-state index contributed by atoms with van der Waals surface area (Å²) in [5.74, 6) is 0. The predicted molar refractivity (Wildman–Crippen MR) is 205 cm³/mol. The molecule has 0 saturated heterocycles. The minimum Gasteiger partial charge on any atom is -0.310 e. The number of hydrogen-bond donors (Lipinski definition) is 0. The molecule has 1 heteroatoms. The molecule has 8 aromatic carbocycles. The highest BCUT2D eigenvalue weighted by Crippen LogP contribution is 2.51. The summed E-state index contributed by atoms with van der Waals surface area (Å²) in [6.45, 7) is 4.71. The first-order chi connectivity index (χ1) is 23.6. The first-order valence-electron chi connectivity index (χ1n) is 16.8. The maximum atomic E-state index is 2.45. The lowest BCUT2D eigenvalue weighted by atomic mass is 9.82. The Kier molecular flexibility index (Phi) is 6.55. The predicted octanol–water partition coefficient (Wildman–Crippen LogP) is 13.1. The van der Waals surface area contributed by atoms with Crippen molar-refractivity contribution in [2.75, 3.05) is 4.90 Å². The van der Waals surface area contributed by atoms with E-state index in [4.69, 9.17) is 0 Å². The first-order valence-corrected chi connectivity index (χ1v) is 16.8. The molecule has 9 rings (SSSR count). The van der Waals surface area contributed by atoms with Gasteiger partial charge in [-0.2, -0.15) is 0 Å². The summed E-state index contributed by atoms with van der Waals surface area (Å²) in [5.41, 5.74) is 13.6. The minimum absolute atomic E-state index is 0.0988. The molecule has 0 aliphatic heterocycles. The Bertz CT molecular complexity index is 2470. The SMILES string of the molecule is CC1(C)c2ccccc2-c2ccc(N(c3ccccc3)c3cc(-c4cc5ccccc5c5ccccc45)ccc3-c3ccccc3)cc21. The fraction of sp³-hybridized carbons (Fsp3) is 0.0638. The van der Waals surface area contributed by atoms with Crippen LogP contribution in [0.4, 0.5) is 17.1 Å². The second-order valence-electron chi connectivity index (χ2n) is 13.4. The molecular formula is C47H35N. The van der Waals surface area contributed by atoms with Crippen molar-refractivity contribution in [2.24, 2.45) is 0 Å². The molecule has 0 amide bonds. The van der Waals surface area contributed by atoms with E-state index in [1.165, 1.54) is 66.1 Å². The van der Waals surface area contributed by atoms with Crippen molar-refractivity contribution in [1.29, 1.82) is 0 Å². The van der Waals surface area contributed by atoms with Crippen LogP contribution in [0.25, 0.3) is 54.9 Å². The average Bonchev–Trinajstić information content (AvgIpc) is 3.38. The van der Waals surface area contributed by atoms with E-state index in [-0.39, 0.29) is 5.41 Å². The van der Waals surface area contributed by atoms with E-state index < -0.39 is 0 Å². The molecule has 1 nitrogen and oxygen atoms in total. The molecule has 1 aliphatic carbocycles. The van der Waals surface area contributed by atoms with Gasteiger partial charge in [0.1, 0.15) is 0 Å². The molecule has 228 valence electrons. The van der Waals surface area contributed by atoms with E-state index in [2.05, 4.69) is 195 Å². The molecule has 0 aromatic heterocycles. The molecule has 0 atom stereocenters. The third-order valence-electron chi connectivity index (χ3n) is 10.2. The lowest BCUT2D eigenvalue weighted by molar-refractivity contribution is 0.660. The number of rotatable bonds is 5. The highest BCUT2D eigenvalue weighted by Gasteiger charge is 2.36. The number of fused-ring (bicyclic) bond motifs is 6. The van der Waals surface area contributed by atoms with Gasteiger partial charge in [0.25, 0.3) is 0 Å². The van der Waals surface area contributed by atoms with Gasteiger partial charge in [0.05, 0.1) is 5.69 Å². The van der Waals surface area contributed by atoms with Gasteiger partial charge in [-0.25, -0.2) is 0 Å². The van der Waals surface area contributed by atoms with Crippen LogP contribution >= 0.6 is 0 Å². The molecule has 0 spiro atoms. The van der Waals surface area contributed by atoms with Crippen LogP contribution in [0.1, 0.15) is 25.0 Å². The number of para-hydroxylation sites is 1. The molecule has 48 heavy (non-hydrogen) atoms. The van der Waals surface area contributed by atoms with Crippen LogP contribution in [0.5, 0.6) is 0 Å². The maximum absolute atomic E-state index is 2.45. The number of anilines is 3. The monoisotopic (exact) mass is 613 g/mol. The van der Waals surface area contributed by atoms with Crippen LogP contribution < -0.4 is 4.90 Å². The standard InChI is InChI=1S/C47H35N/c1-47(2)44-24-14-13-23-41(44)42-28-26-36(31-45(42)47)48(35-18-7-4-8-19-35)46-30-34(25-27-38(46)32-15-5-3-6-16-32)43-29-33-17-9-10-20-37(33)39-21-11-12-22-40(39)43/h3-31H,1-2H3. The number of benzene rings is 8. The van der Waals surface area contributed by atoms with E-state index in [9.17, 15) is 0 Å². The molecule has 1 aliphatic rings. The second-order valence-corrected chi connectivity index (χ2v) is 13.4. The molecule has 0 fully saturated rings. The van der Waals surface area contributed by atoms with Crippen LogP contribution in [-0.2, 0) is 5.41 Å². The summed E-state index contributed by atoms with van der Waals surface area (Å²) in [4.78, 5) is 2.45. The van der Waals surface area contributed by atoms with E-state index >= 15 is 0 Å². The van der Waals surface area contributed by atoms with Crippen molar-refractivity contribution in [3.63, 3.8) is 0 Å². The van der Waals surface area contributed by atoms with Gasteiger partial charge in [-0.05, 0) is 96.9 Å². The third kappa shape index (κ3) is 4.47. The molecule has 0 N–H and O–H groups in total. The third-order valence-corrected chi connectivity index (χ3v) is 10.2. The largest absolute Gasteiger partial charge is 0.310 e. The normalized spacial score (nSPS) is 13.0. The Hall–Kier alpha value is -5.92. The van der Waals surface area contributed by atoms with Gasteiger partial charge < -0.3 is 4.90 Å². The molecule has 0 heterocycles. The zero-order valence-electron chi connectivity index (χ0n) is 27.2. The number of hydrogen-bond acceptors (Lipinski definition) is 1. The summed E-state index contributed by atoms with van der Waals surface area (Å²) < 4.78 is 0. The minimum atomic E-state index is -0.0988. The molecule has 0 unspecified atom stereocenters. The Morgan fingerprint density at radius 1 is 0.375 bits per heavy atom. The van der Waals surface area contributed by atoms with Gasteiger partial charge >= 0.3 is 0 Å². The highest BCUT2D eigenvalue weighted by molar-refractivity contribution is 6.14. The first kappa shape index (κ1) is 28.3. The summed E-state index contributed by atoms with van der Waals surface area (Å²) in [5, 5.41) is 5.07. The second kappa shape index (κ2) is 11.1. The van der Waals surface area contributed by atoms with Gasteiger partial charge in [0.2, 0.25) is 0 Å². The van der Waals surface area contributed by atoms with E-state index in [0.717, 1.165) is 17.1 Å². The van der Waals surface area contributed by atoms with Gasteiger partial charge in [-0.1, -0.05) is 153 Å². The summed E-state index contributed by atoms with van der Waals surface area (Å²) in [6, 6.07) is 64.5. The Labute approximate surface area is 282 Å². The van der Waals surface area contributed by atoms with Crippen LogP contribution in [0.2, 0.25) is 0 Å². The number of nitrogens with zero attached hydrogens (tertiary/aromatic N) is 1. The van der Waals surface area contributed by atoms with Crippen molar-refractivity contribution in [3.8, 4) is 33.4 Å². The van der Waals surface area contributed by atoms with Gasteiger partial charge in [0.15, 0.2) is 0 Å². The summed E-state index contributed by atoms with van der Waals surface area (Å²) in [7, 11) is 0. The van der Waals surface area contributed by atoms with Gasteiger partial charge in [-0.15, -0.1) is 0 Å². The zero-order chi connectivity index (χ0) is 32.2. The summed E-state index contributed by atoms with van der Waals surface area (Å²) >= 11 is 0. The Balaban J connectivity index is 1.32. The van der Waals surface area contributed by atoms with E-state index in [1.807, 2.05) is 0 Å². The van der Waals surface area contributed by atoms with Gasteiger partial charge in [0, 0.05) is 22.4 Å². The van der Waals surface area contributed by atoms with Crippen LogP contribution in [0.3, 0.4) is 0 Å². The lowest BCUT2D eigenvalue weighted by Gasteiger charge is -2.30. The Morgan fingerprint density at radius 3 is 1.81 bits per heavy atom. The van der Waals surface area contributed by atoms with Crippen LogP contribution in [-0.4, -0.2) is 0 Å². The van der Waals surface area contributed by atoms with Crippen LogP contribution in [0.15, 0.2) is 176 Å². The zero-order valence-corrected chi connectivity index (χ0v) is 27.2. The van der Waals surface area contributed by atoms with Crippen molar-refractivity contribution < 1.29 is 0 Å². The molecular weight excluding hydrogens is 579 g/mol. The topological polar surface area (TPSA) is 3.24 Å². The van der Waals surface area contributed by atoms with E-state index in [1.54, 1.807) is 0 Å². The van der Waals surface area contributed by atoms with Crippen molar-refractivity contribution in [1.82, 2.24) is 0 Å². The fourth-order valence-electron chi connectivity index (χ4n) is 7.87. The van der Waals surface area contributed by atoms with Crippen molar-refractivity contribution in [3.05, 3.63) is 187 Å². The van der Waals surface area contributed by atoms with E-state index in [0.29, 0.717) is 0 Å². The summed E-state index contributed by atoms with van der Waals surface area (Å²) in [6.07, 6.45) is 0. The lowest BCUT2D eigenvalue weighted by Crippen LogP contribution is -2.17. The van der Waals surface area contributed by atoms with Crippen molar-refractivity contribution in [2.45, 2.75) is 19.3 Å². The quantitative estimate of drug-likeness (QED) is 0.175. The fourth-order valence-corrected chi connectivity index (χ4v) is 7.87. The van der Waals surface area contributed by atoms with Gasteiger partial charge in [-0.3, -0.25) is 0 Å². The van der Waals surface area contributed by atoms with Crippen LogP contribution in [0, 0.1) is 0 Å². The molecule has 0 bridgehead atoms. The highest BCUT2D eigenvalue weighted by atomic mass is 15.1. The maximum Gasteiger partial charge on any atom is 0.0546 e. The smallest absolute Gasteiger partial charge is 0.0546 e. The van der Waals surface area contributed by atoms with Crippen molar-refractivity contribution >= 4 is 38.6 Å². The molecule has 0 radical (unpaired) electrons.